The van der Waals surface area contributed by atoms with Gasteiger partial charge in [-0.1, -0.05) is 12.1 Å². The van der Waals surface area contributed by atoms with E-state index in [1.165, 1.54) is 0 Å². The van der Waals surface area contributed by atoms with E-state index >= 15 is 0 Å². The first-order chi connectivity index (χ1) is 8.27. The van der Waals surface area contributed by atoms with E-state index in [4.69, 9.17) is 4.74 Å². The highest BCUT2D eigenvalue weighted by atomic mass is 79.9. The fourth-order valence-corrected chi connectivity index (χ4v) is 1.81. The van der Waals surface area contributed by atoms with Crippen LogP contribution in [0.3, 0.4) is 0 Å². The molecule has 17 heavy (non-hydrogen) atoms. The van der Waals surface area contributed by atoms with Gasteiger partial charge >= 0.3 is 0 Å². The van der Waals surface area contributed by atoms with Crippen LogP contribution in [0, 0.1) is 0 Å². The molecule has 1 unspecified atom stereocenters. The highest BCUT2D eigenvalue weighted by molar-refractivity contribution is 9.10. The fraction of sp³-hybridized carbons (Fsp3) is 0.154. The number of pyridine rings is 1. The Morgan fingerprint density at radius 1 is 1.18 bits per heavy atom. The Kier molecular flexibility index (Phi) is 4.12. The molecule has 0 aliphatic rings. The molecule has 0 bridgehead atoms. The van der Waals surface area contributed by atoms with Crippen molar-refractivity contribution in [1.82, 2.24) is 4.98 Å². The summed E-state index contributed by atoms with van der Waals surface area (Å²) < 4.78 is 6.41. The van der Waals surface area contributed by atoms with Crippen LogP contribution >= 0.6 is 15.9 Å². The lowest BCUT2D eigenvalue weighted by Crippen LogP contribution is -2.09. The van der Waals surface area contributed by atoms with E-state index in [9.17, 15) is 5.11 Å². The number of para-hydroxylation sites is 1. The molecule has 2 aromatic rings. The number of benzene rings is 1. The molecular formula is C13H12BrNO2. The monoisotopic (exact) mass is 293 g/mol. The quantitative estimate of drug-likeness (QED) is 0.942. The minimum Gasteiger partial charge on any atom is -0.489 e. The van der Waals surface area contributed by atoms with Gasteiger partial charge < -0.3 is 9.84 Å². The van der Waals surface area contributed by atoms with Gasteiger partial charge in [-0.3, -0.25) is 4.98 Å². The molecular weight excluding hydrogens is 282 g/mol. The van der Waals surface area contributed by atoms with E-state index in [-0.39, 0.29) is 6.61 Å². The summed E-state index contributed by atoms with van der Waals surface area (Å²) in [7, 11) is 0. The summed E-state index contributed by atoms with van der Waals surface area (Å²) in [5.74, 6) is 0.723. The van der Waals surface area contributed by atoms with Crippen LogP contribution in [0.2, 0.25) is 0 Å². The summed E-state index contributed by atoms with van der Waals surface area (Å²) in [5, 5.41) is 9.90. The van der Waals surface area contributed by atoms with Crippen LogP contribution in [0.4, 0.5) is 0 Å². The molecule has 0 aliphatic heterocycles. The van der Waals surface area contributed by atoms with Crippen molar-refractivity contribution < 1.29 is 9.84 Å². The van der Waals surface area contributed by atoms with Gasteiger partial charge in [0.2, 0.25) is 0 Å². The van der Waals surface area contributed by atoms with Gasteiger partial charge in [0.05, 0.1) is 4.47 Å². The van der Waals surface area contributed by atoms with E-state index in [0.717, 1.165) is 15.8 Å². The Labute approximate surface area is 108 Å². The Morgan fingerprint density at radius 2 is 1.88 bits per heavy atom. The fourth-order valence-electron chi connectivity index (χ4n) is 1.41. The lowest BCUT2D eigenvalue weighted by Gasteiger charge is -2.13. The molecule has 4 heteroatoms. The molecule has 0 spiro atoms. The Morgan fingerprint density at radius 3 is 2.59 bits per heavy atom. The van der Waals surface area contributed by atoms with Gasteiger partial charge in [-0.2, -0.15) is 0 Å². The number of hydrogen-bond donors (Lipinski definition) is 1. The van der Waals surface area contributed by atoms with Crippen LogP contribution in [0.25, 0.3) is 0 Å². The normalized spacial score (nSPS) is 12.1. The summed E-state index contributed by atoms with van der Waals surface area (Å²) in [5.41, 5.74) is 0.798. The standard InChI is InChI=1S/C13H12BrNO2/c14-11-3-1-2-4-13(11)17-9-12(16)10-5-7-15-8-6-10/h1-8,12,16H,9H2. The van der Waals surface area contributed by atoms with E-state index in [0.29, 0.717) is 0 Å². The summed E-state index contributed by atoms with van der Waals surface area (Å²) in [6, 6.07) is 11.1. The van der Waals surface area contributed by atoms with Crippen LogP contribution in [0.5, 0.6) is 5.75 Å². The first-order valence-corrected chi connectivity index (χ1v) is 6.02. The molecule has 3 nitrogen and oxygen atoms in total. The first-order valence-electron chi connectivity index (χ1n) is 5.22. The smallest absolute Gasteiger partial charge is 0.133 e. The van der Waals surface area contributed by atoms with Gasteiger partial charge in [0.25, 0.3) is 0 Å². The third-order valence-corrected chi connectivity index (χ3v) is 2.98. The van der Waals surface area contributed by atoms with Gasteiger partial charge in [-0.25, -0.2) is 0 Å². The molecule has 1 N–H and O–H groups in total. The van der Waals surface area contributed by atoms with Crippen LogP contribution in [-0.4, -0.2) is 16.7 Å². The van der Waals surface area contributed by atoms with Crippen LogP contribution in [-0.2, 0) is 0 Å². The van der Waals surface area contributed by atoms with E-state index in [2.05, 4.69) is 20.9 Å². The average Bonchev–Trinajstić information content (AvgIpc) is 2.38. The second-order valence-electron chi connectivity index (χ2n) is 3.54. The van der Waals surface area contributed by atoms with Crippen molar-refractivity contribution >= 4 is 15.9 Å². The van der Waals surface area contributed by atoms with Crippen LogP contribution in [0.1, 0.15) is 11.7 Å². The molecule has 0 radical (unpaired) electrons. The van der Waals surface area contributed by atoms with E-state index in [1.807, 2.05) is 24.3 Å². The maximum absolute atomic E-state index is 9.90. The third kappa shape index (κ3) is 3.28. The largest absolute Gasteiger partial charge is 0.489 e. The molecule has 0 aliphatic carbocycles. The zero-order chi connectivity index (χ0) is 12.1. The number of rotatable bonds is 4. The second-order valence-corrected chi connectivity index (χ2v) is 4.39. The van der Waals surface area contributed by atoms with Gasteiger partial charge in [-0.15, -0.1) is 0 Å². The zero-order valence-electron chi connectivity index (χ0n) is 9.08. The number of halogens is 1. The van der Waals surface area contributed by atoms with Crippen molar-refractivity contribution in [2.24, 2.45) is 0 Å². The van der Waals surface area contributed by atoms with Crippen molar-refractivity contribution in [2.45, 2.75) is 6.10 Å². The molecule has 0 fully saturated rings. The molecule has 88 valence electrons. The number of aliphatic hydroxyl groups is 1. The molecule has 1 aromatic carbocycles. The summed E-state index contributed by atoms with van der Waals surface area (Å²) in [6.07, 6.45) is 2.65. The van der Waals surface area contributed by atoms with Gasteiger partial charge in [0, 0.05) is 12.4 Å². The highest BCUT2D eigenvalue weighted by Gasteiger charge is 2.08. The number of nitrogens with zero attached hydrogens (tertiary/aromatic N) is 1. The highest BCUT2D eigenvalue weighted by Crippen LogP contribution is 2.25. The third-order valence-electron chi connectivity index (χ3n) is 2.32. The lowest BCUT2D eigenvalue weighted by molar-refractivity contribution is 0.107. The maximum Gasteiger partial charge on any atom is 0.133 e. The van der Waals surface area contributed by atoms with Crippen LogP contribution < -0.4 is 4.74 Å². The molecule has 1 aromatic heterocycles. The Balaban J connectivity index is 1.97. The number of aliphatic hydroxyl groups excluding tert-OH is 1. The van der Waals surface area contributed by atoms with Gasteiger partial charge in [0.1, 0.15) is 18.5 Å². The molecule has 1 heterocycles. The van der Waals surface area contributed by atoms with Crippen molar-refractivity contribution in [3.05, 3.63) is 58.8 Å². The minimum absolute atomic E-state index is 0.215. The zero-order valence-corrected chi connectivity index (χ0v) is 10.7. The first kappa shape index (κ1) is 12.1. The predicted molar refractivity (Wildman–Crippen MR) is 68.8 cm³/mol. The summed E-state index contributed by atoms with van der Waals surface area (Å²) in [6.45, 7) is 0.215. The molecule has 0 saturated carbocycles. The predicted octanol–water partition coefficient (Wildman–Crippen LogP) is 2.96. The van der Waals surface area contributed by atoms with E-state index in [1.54, 1.807) is 24.5 Å². The van der Waals surface area contributed by atoms with Gasteiger partial charge in [-0.05, 0) is 45.8 Å². The number of ether oxygens (including phenoxy) is 1. The summed E-state index contributed by atoms with van der Waals surface area (Å²) >= 11 is 3.39. The number of hydrogen-bond acceptors (Lipinski definition) is 3. The van der Waals surface area contributed by atoms with Gasteiger partial charge in [0.15, 0.2) is 0 Å². The molecule has 2 rings (SSSR count). The molecule has 1 atom stereocenters. The van der Waals surface area contributed by atoms with Crippen molar-refractivity contribution in [2.75, 3.05) is 6.61 Å². The molecule has 0 amide bonds. The topological polar surface area (TPSA) is 42.4 Å². The Hall–Kier alpha value is -1.39. The molecule has 0 saturated heterocycles. The Bertz CT molecular complexity index is 476. The van der Waals surface area contributed by atoms with E-state index < -0.39 is 6.10 Å². The lowest BCUT2D eigenvalue weighted by atomic mass is 10.2. The summed E-state index contributed by atoms with van der Waals surface area (Å²) in [4.78, 5) is 3.90. The SMILES string of the molecule is OC(COc1ccccc1Br)c1ccncc1. The second kappa shape index (κ2) is 5.80. The van der Waals surface area contributed by atoms with Crippen LogP contribution in [0.15, 0.2) is 53.3 Å². The average molecular weight is 294 g/mol. The van der Waals surface area contributed by atoms with Crippen molar-refractivity contribution in [1.29, 1.82) is 0 Å². The van der Waals surface area contributed by atoms with Crippen molar-refractivity contribution in [3.63, 3.8) is 0 Å². The number of aromatic nitrogens is 1. The maximum atomic E-state index is 9.90. The minimum atomic E-state index is -0.648. The van der Waals surface area contributed by atoms with Crippen molar-refractivity contribution in [3.8, 4) is 5.75 Å².